The maximum Gasteiger partial charge on any atom is 0.241 e. The van der Waals surface area contributed by atoms with Crippen LogP contribution in [0.2, 0.25) is 0 Å². The number of carbonyl (C=O) groups excluding carboxylic acids is 1. The fourth-order valence-corrected chi connectivity index (χ4v) is 6.25. The van der Waals surface area contributed by atoms with Gasteiger partial charge in [0, 0.05) is 20.2 Å². The van der Waals surface area contributed by atoms with Crippen LogP contribution in [-0.4, -0.2) is 77.4 Å². The number of sulfonamides is 1. The summed E-state index contributed by atoms with van der Waals surface area (Å²) in [6.45, 7) is 5.28. The van der Waals surface area contributed by atoms with Crippen molar-refractivity contribution in [3.8, 4) is 11.1 Å². The number of amides is 1. The molecule has 1 aliphatic rings. The van der Waals surface area contributed by atoms with E-state index in [1.165, 1.54) is 4.31 Å². The number of ether oxygens (including phenoxy) is 2. The van der Waals surface area contributed by atoms with Gasteiger partial charge in [-0.25, -0.2) is 13.1 Å². The molecular weight excluding hydrogens is 506 g/mol. The van der Waals surface area contributed by atoms with E-state index < -0.39 is 16.1 Å². The van der Waals surface area contributed by atoms with Gasteiger partial charge in [-0.05, 0) is 22.6 Å². The molecular formula is C27H35N5O5S. The number of methoxy groups -OCH3 is 1. The molecule has 0 spiro atoms. The van der Waals surface area contributed by atoms with E-state index in [-0.39, 0.29) is 44.0 Å². The van der Waals surface area contributed by atoms with Crippen molar-refractivity contribution in [2.75, 3.05) is 32.8 Å². The van der Waals surface area contributed by atoms with Gasteiger partial charge in [0.2, 0.25) is 15.9 Å². The average molecular weight is 542 g/mol. The van der Waals surface area contributed by atoms with Gasteiger partial charge in [0.1, 0.15) is 18.5 Å². The molecule has 11 heteroatoms. The van der Waals surface area contributed by atoms with E-state index in [0.717, 1.165) is 16.7 Å². The Hall–Kier alpha value is -3.12. The van der Waals surface area contributed by atoms with Crippen molar-refractivity contribution in [2.45, 2.75) is 39.5 Å². The quantitative estimate of drug-likeness (QED) is 0.271. The van der Waals surface area contributed by atoms with Gasteiger partial charge in [0.15, 0.2) is 0 Å². The van der Waals surface area contributed by atoms with Gasteiger partial charge in [0.05, 0.1) is 31.6 Å². The molecule has 0 saturated carbocycles. The zero-order chi connectivity index (χ0) is 27.1. The van der Waals surface area contributed by atoms with Gasteiger partial charge < -0.3 is 14.4 Å². The van der Waals surface area contributed by atoms with Gasteiger partial charge >= 0.3 is 0 Å². The molecule has 2 heterocycles. The Bertz CT molecular complexity index is 1290. The summed E-state index contributed by atoms with van der Waals surface area (Å²) in [4.78, 5) is 15.3. The highest BCUT2D eigenvalue weighted by atomic mass is 32.2. The van der Waals surface area contributed by atoms with E-state index in [2.05, 4.69) is 10.3 Å². The molecule has 1 unspecified atom stereocenters. The van der Waals surface area contributed by atoms with Crippen LogP contribution in [0.1, 0.15) is 25.1 Å². The SMILES string of the molecule is COCOCCn1cc(CN2CCS(=O)(=O)N(Cc3ccc(-c4ccccc4)cc3)C(C(C)C)C2=O)nn1. The fraction of sp³-hybridized carbons (Fsp3) is 0.444. The number of nitrogens with zero attached hydrogens (tertiary/aromatic N) is 5. The molecule has 1 aromatic heterocycles. The van der Waals surface area contributed by atoms with E-state index in [1.54, 1.807) is 22.9 Å². The highest BCUT2D eigenvalue weighted by Gasteiger charge is 2.42. The van der Waals surface area contributed by atoms with Crippen molar-refractivity contribution in [3.05, 3.63) is 72.1 Å². The van der Waals surface area contributed by atoms with Crippen molar-refractivity contribution < 1.29 is 22.7 Å². The molecule has 1 saturated heterocycles. The van der Waals surface area contributed by atoms with Gasteiger partial charge in [-0.1, -0.05) is 73.7 Å². The number of benzene rings is 2. The Morgan fingerprint density at radius 1 is 1.03 bits per heavy atom. The lowest BCUT2D eigenvalue weighted by Crippen LogP contribution is -2.49. The standard InChI is InChI=1S/C27H35N5O5S/c1-21(2)26-27(33)30(18-25-19-31(29-28-25)13-15-37-20-36-3)14-16-38(34,35)32(26)17-22-9-11-24(12-10-22)23-7-5-4-6-8-23/h4-12,19,21,26H,13-18,20H2,1-3H3. The van der Waals surface area contributed by atoms with Gasteiger partial charge in [-0.2, -0.15) is 4.31 Å². The molecule has 1 fully saturated rings. The summed E-state index contributed by atoms with van der Waals surface area (Å²) < 4.78 is 40.0. The molecule has 4 rings (SSSR count). The molecule has 38 heavy (non-hydrogen) atoms. The topological polar surface area (TPSA) is 107 Å². The molecule has 0 N–H and O–H groups in total. The minimum absolute atomic E-state index is 0.0949. The number of aromatic nitrogens is 3. The summed E-state index contributed by atoms with van der Waals surface area (Å²) in [6, 6.07) is 17.0. The number of hydrogen-bond acceptors (Lipinski definition) is 7. The average Bonchev–Trinajstić information content (AvgIpc) is 3.33. The van der Waals surface area contributed by atoms with Crippen molar-refractivity contribution in [2.24, 2.45) is 5.92 Å². The molecule has 0 aliphatic carbocycles. The number of rotatable bonds is 11. The molecule has 204 valence electrons. The monoisotopic (exact) mass is 541 g/mol. The van der Waals surface area contributed by atoms with Crippen LogP contribution in [0.25, 0.3) is 11.1 Å². The second-order valence-corrected chi connectivity index (χ2v) is 11.7. The maximum atomic E-state index is 13.7. The Morgan fingerprint density at radius 2 is 1.74 bits per heavy atom. The summed E-state index contributed by atoms with van der Waals surface area (Å²) in [5.74, 6) is -0.585. The Labute approximate surface area is 224 Å². The van der Waals surface area contributed by atoms with Crippen LogP contribution in [0.3, 0.4) is 0 Å². The van der Waals surface area contributed by atoms with E-state index in [1.807, 2.05) is 68.4 Å². The van der Waals surface area contributed by atoms with Crippen LogP contribution >= 0.6 is 0 Å². The predicted molar refractivity (Wildman–Crippen MR) is 143 cm³/mol. The summed E-state index contributed by atoms with van der Waals surface area (Å²) in [6.07, 6.45) is 1.75. The first-order valence-corrected chi connectivity index (χ1v) is 14.3. The second-order valence-electron chi connectivity index (χ2n) is 9.66. The van der Waals surface area contributed by atoms with Crippen molar-refractivity contribution in [1.29, 1.82) is 0 Å². The van der Waals surface area contributed by atoms with Gasteiger partial charge in [-0.15, -0.1) is 5.10 Å². The van der Waals surface area contributed by atoms with E-state index in [9.17, 15) is 13.2 Å². The smallest absolute Gasteiger partial charge is 0.241 e. The van der Waals surface area contributed by atoms with Crippen LogP contribution in [0.4, 0.5) is 0 Å². The second kappa shape index (κ2) is 12.6. The zero-order valence-electron chi connectivity index (χ0n) is 22.1. The molecule has 0 bridgehead atoms. The Kier molecular flexibility index (Phi) is 9.26. The minimum atomic E-state index is -3.68. The maximum absolute atomic E-state index is 13.7. The summed E-state index contributed by atoms with van der Waals surface area (Å²) in [7, 11) is -2.13. The van der Waals surface area contributed by atoms with Crippen LogP contribution in [0, 0.1) is 5.92 Å². The molecule has 3 aromatic rings. The third-order valence-electron chi connectivity index (χ3n) is 6.49. The van der Waals surface area contributed by atoms with Crippen molar-refractivity contribution in [1.82, 2.24) is 24.2 Å². The van der Waals surface area contributed by atoms with Gasteiger partial charge in [-0.3, -0.25) is 4.79 Å². The number of carbonyl (C=O) groups is 1. The molecule has 1 amide bonds. The molecule has 2 aromatic carbocycles. The highest BCUT2D eigenvalue weighted by molar-refractivity contribution is 7.89. The number of hydrogen-bond donors (Lipinski definition) is 0. The summed E-state index contributed by atoms with van der Waals surface area (Å²) in [5, 5.41) is 8.26. The predicted octanol–water partition coefficient (Wildman–Crippen LogP) is 2.76. The minimum Gasteiger partial charge on any atom is -0.359 e. The van der Waals surface area contributed by atoms with E-state index >= 15 is 0 Å². The lowest BCUT2D eigenvalue weighted by molar-refractivity contribution is -0.136. The first-order chi connectivity index (χ1) is 18.3. The van der Waals surface area contributed by atoms with Crippen molar-refractivity contribution >= 4 is 15.9 Å². The molecule has 0 radical (unpaired) electrons. The molecule has 1 atom stereocenters. The fourth-order valence-electron chi connectivity index (χ4n) is 4.54. The Balaban J connectivity index is 1.49. The lowest BCUT2D eigenvalue weighted by atomic mass is 10.0. The van der Waals surface area contributed by atoms with Gasteiger partial charge in [0.25, 0.3) is 0 Å². The largest absolute Gasteiger partial charge is 0.359 e. The van der Waals surface area contributed by atoms with E-state index in [0.29, 0.717) is 18.8 Å². The Morgan fingerprint density at radius 3 is 2.42 bits per heavy atom. The van der Waals surface area contributed by atoms with Crippen LogP contribution in [0.5, 0.6) is 0 Å². The normalized spacial score (nSPS) is 18.2. The highest BCUT2D eigenvalue weighted by Crippen LogP contribution is 2.26. The first-order valence-electron chi connectivity index (χ1n) is 12.7. The third kappa shape index (κ3) is 6.84. The van der Waals surface area contributed by atoms with E-state index in [4.69, 9.17) is 9.47 Å². The first kappa shape index (κ1) is 27.9. The summed E-state index contributed by atoms with van der Waals surface area (Å²) >= 11 is 0. The lowest BCUT2D eigenvalue weighted by Gasteiger charge is -2.32. The summed E-state index contributed by atoms with van der Waals surface area (Å²) in [5.41, 5.74) is 3.56. The molecule has 10 nitrogen and oxygen atoms in total. The third-order valence-corrected chi connectivity index (χ3v) is 8.26. The van der Waals surface area contributed by atoms with Crippen LogP contribution in [-0.2, 0) is 43.9 Å². The van der Waals surface area contributed by atoms with Crippen LogP contribution in [0.15, 0.2) is 60.8 Å². The molecule has 1 aliphatic heterocycles. The van der Waals surface area contributed by atoms with Crippen LogP contribution < -0.4 is 0 Å². The van der Waals surface area contributed by atoms with Crippen molar-refractivity contribution in [3.63, 3.8) is 0 Å². The zero-order valence-corrected chi connectivity index (χ0v) is 22.9.